The lowest BCUT2D eigenvalue weighted by atomic mass is 9.82. The molecule has 1 aromatic rings. The largest absolute Gasteiger partial charge is 0.378 e. The van der Waals surface area contributed by atoms with Crippen LogP contribution < -0.4 is 0 Å². The van der Waals surface area contributed by atoms with E-state index in [-0.39, 0.29) is 0 Å². The van der Waals surface area contributed by atoms with Gasteiger partial charge in [0.15, 0.2) is 0 Å². The summed E-state index contributed by atoms with van der Waals surface area (Å²) in [5.41, 5.74) is 1.80. The first-order chi connectivity index (χ1) is 12.8. The fourth-order valence-electron chi connectivity index (χ4n) is 5.25. The van der Waals surface area contributed by atoms with Crippen molar-refractivity contribution in [3.05, 3.63) is 35.9 Å². The SMILES string of the molecule is CCCCCCN1CC2(CN(Cc3ccccc3)C[C@@H]3COCCN32)C1. The van der Waals surface area contributed by atoms with Crippen LogP contribution in [0.1, 0.15) is 38.2 Å². The summed E-state index contributed by atoms with van der Waals surface area (Å²) in [6, 6.07) is 11.5. The van der Waals surface area contributed by atoms with Crippen molar-refractivity contribution in [2.75, 3.05) is 52.5 Å². The van der Waals surface area contributed by atoms with Gasteiger partial charge in [-0.3, -0.25) is 14.7 Å². The van der Waals surface area contributed by atoms with Gasteiger partial charge in [0.2, 0.25) is 0 Å². The summed E-state index contributed by atoms with van der Waals surface area (Å²) in [5.74, 6) is 0. The van der Waals surface area contributed by atoms with Gasteiger partial charge in [-0.15, -0.1) is 0 Å². The predicted molar refractivity (Wildman–Crippen MR) is 106 cm³/mol. The van der Waals surface area contributed by atoms with Gasteiger partial charge in [0, 0.05) is 45.3 Å². The first-order valence-electron chi connectivity index (χ1n) is 10.6. The highest BCUT2D eigenvalue weighted by molar-refractivity contribution is 5.17. The molecule has 1 atom stereocenters. The lowest BCUT2D eigenvalue weighted by Crippen LogP contribution is -2.80. The van der Waals surface area contributed by atoms with E-state index in [2.05, 4.69) is 52.0 Å². The van der Waals surface area contributed by atoms with Crippen molar-refractivity contribution in [1.29, 1.82) is 0 Å². The average molecular weight is 358 g/mol. The molecule has 3 fully saturated rings. The zero-order chi connectivity index (χ0) is 17.8. The second kappa shape index (κ2) is 8.39. The van der Waals surface area contributed by atoms with Gasteiger partial charge in [-0.1, -0.05) is 56.5 Å². The van der Waals surface area contributed by atoms with Gasteiger partial charge in [0.25, 0.3) is 0 Å². The van der Waals surface area contributed by atoms with Crippen LogP contribution in [0.2, 0.25) is 0 Å². The minimum Gasteiger partial charge on any atom is -0.378 e. The van der Waals surface area contributed by atoms with Crippen LogP contribution in [-0.2, 0) is 11.3 Å². The number of ether oxygens (including phenoxy) is 1. The number of morpholine rings is 1. The molecular formula is C22H35N3O. The molecule has 4 nitrogen and oxygen atoms in total. The Labute approximate surface area is 159 Å². The third kappa shape index (κ3) is 3.99. The molecule has 3 aliphatic heterocycles. The van der Waals surface area contributed by atoms with E-state index in [1.165, 1.54) is 57.4 Å². The molecule has 0 aromatic heterocycles. The summed E-state index contributed by atoms with van der Waals surface area (Å²) in [6.45, 7) is 12.4. The number of hydrogen-bond acceptors (Lipinski definition) is 4. The lowest BCUT2D eigenvalue weighted by molar-refractivity contribution is -0.166. The standard InChI is InChI=1S/C22H35N3O/c1-2-3-4-8-11-23-17-22(18-23)19-24(14-20-9-6-5-7-10-20)15-21-16-26-13-12-25(21)22/h5-7,9-10,21H,2-4,8,11-19H2,1H3/t21-/m1/s1. The van der Waals surface area contributed by atoms with E-state index in [9.17, 15) is 0 Å². The van der Waals surface area contributed by atoms with Gasteiger partial charge in [0.05, 0.1) is 18.8 Å². The van der Waals surface area contributed by atoms with Gasteiger partial charge < -0.3 is 4.74 Å². The van der Waals surface area contributed by atoms with Gasteiger partial charge in [-0.25, -0.2) is 0 Å². The molecule has 1 spiro atoms. The molecule has 0 unspecified atom stereocenters. The molecule has 0 N–H and O–H groups in total. The molecule has 26 heavy (non-hydrogen) atoms. The third-order valence-corrected chi connectivity index (χ3v) is 6.44. The minimum atomic E-state index is 0.367. The van der Waals surface area contributed by atoms with Crippen molar-refractivity contribution in [2.24, 2.45) is 0 Å². The highest BCUT2D eigenvalue weighted by atomic mass is 16.5. The number of piperazine rings is 1. The molecule has 0 saturated carbocycles. The predicted octanol–water partition coefficient (Wildman–Crippen LogP) is 2.84. The normalized spacial score (nSPS) is 26.6. The molecule has 3 aliphatic rings. The summed E-state index contributed by atoms with van der Waals surface area (Å²) in [5, 5.41) is 0. The van der Waals surface area contributed by atoms with Crippen LogP contribution in [-0.4, -0.2) is 78.8 Å². The van der Waals surface area contributed by atoms with Crippen molar-refractivity contribution < 1.29 is 4.74 Å². The molecule has 4 rings (SSSR count). The van der Waals surface area contributed by atoms with Crippen LogP contribution >= 0.6 is 0 Å². The number of fused-ring (bicyclic) bond motifs is 2. The van der Waals surface area contributed by atoms with Gasteiger partial charge in [-0.05, 0) is 18.5 Å². The molecular weight excluding hydrogens is 322 g/mol. The highest BCUT2D eigenvalue weighted by Gasteiger charge is 2.53. The van der Waals surface area contributed by atoms with Crippen molar-refractivity contribution in [3.8, 4) is 0 Å². The molecule has 3 heterocycles. The van der Waals surface area contributed by atoms with Crippen LogP contribution in [0, 0.1) is 0 Å². The highest BCUT2D eigenvalue weighted by Crippen LogP contribution is 2.36. The van der Waals surface area contributed by atoms with Crippen molar-refractivity contribution in [2.45, 2.75) is 50.7 Å². The Kier molecular flexibility index (Phi) is 5.94. The summed E-state index contributed by atoms with van der Waals surface area (Å²) < 4.78 is 5.84. The van der Waals surface area contributed by atoms with E-state index >= 15 is 0 Å². The van der Waals surface area contributed by atoms with Gasteiger partial charge in [-0.2, -0.15) is 0 Å². The fourth-order valence-corrected chi connectivity index (χ4v) is 5.25. The van der Waals surface area contributed by atoms with E-state index < -0.39 is 0 Å². The smallest absolute Gasteiger partial charge is 0.0635 e. The number of nitrogens with zero attached hydrogens (tertiary/aromatic N) is 3. The second-order valence-electron chi connectivity index (χ2n) is 8.57. The molecule has 0 amide bonds. The fraction of sp³-hybridized carbons (Fsp3) is 0.727. The maximum Gasteiger partial charge on any atom is 0.0635 e. The third-order valence-electron chi connectivity index (χ3n) is 6.44. The molecule has 4 heteroatoms. The second-order valence-corrected chi connectivity index (χ2v) is 8.57. The van der Waals surface area contributed by atoms with Crippen molar-refractivity contribution >= 4 is 0 Å². The monoisotopic (exact) mass is 357 g/mol. The maximum atomic E-state index is 5.84. The quantitative estimate of drug-likeness (QED) is 0.699. The Morgan fingerprint density at radius 1 is 1.04 bits per heavy atom. The number of hydrogen-bond donors (Lipinski definition) is 0. The van der Waals surface area contributed by atoms with Crippen LogP contribution in [0.25, 0.3) is 0 Å². The van der Waals surface area contributed by atoms with E-state index in [1.807, 2.05) is 0 Å². The number of likely N-dealkylation sites (tertiary alicyclic amines) is 1. The number of unbranched alkanes of at least 4 members (excludes halogenated alkanes) is 3. The van der Waals surface area contributed by atoms with Crippen LogP contribution in [0.3, 0.4) is 0 Å². The van der Waals surface area contributed by atoms with E-state index in [0.717, 1.165) is 32.8 Å². The molecule has 0 bridgehead atoms. The summed E-state index contributed by atoms with van der Waals surface area (Å²) in [6.07, 6.45) is 5.47. The van der Waals surface area contributed by atoms with E-state index in [0.29, 0.717) is 11.6 Å². The van der Waals surface area contributed by atoms with Gasteiger partial charge in [0.1, 0.15) is 0 Å². The van der Waals surface area contributed by atoms with Crippen molar-refractivity contribution in [1.82, 2.24) is 14.7 Å². The number of rotatable bonds is 7. The van der Waals surface area contributed by atoms with E-state index in [1.54, 1.807) is 0 Å². The zero-order valence-corrected chi connectivity index (χ0v) is 16.4. The zero-order valence-electron chi connectivity index (χ0n) is 16.4. The minimum absolute atomic E-state index is 0.367. The summed E-state index contributed by atoms with van der Waals surface area (Å²) in [7, 11) is 0. The Morgan fingerprint density at radius 3 is 2.65 bits per heavy atom. The van der Waals surface area contributed by atoms with Crippen LogP contribution in [0.4, 0.5) is 0 Å². The maximum absolute atomic E-state index is 5.84. The number of benzene rings is 1. The molecule has 0 aliphatic carbocycles. The molecule has 1 aromatic carbocycles. The van der Waals surface area contributed by atoms with Crippen LogP contribution in [0.5, 0.6) is 0 Å². The Hall–Kier alpha value is -0.940. The lowest BCUT2D eigenvalue weighted by Gasteiger charge is -2.63. The molecule has 144 valence electrons. The Bertz CT molecular complexity index is 558. The van der Waals surface area contributed by atoms with Gasteiger partial charge >= 0.3 is 0 Å². The first kappa shape index (κ1) is 18.4. The Morgan fingerprint density at radius 2 is 1.85 bits per heavy atom. The van der Waals surface area contributed by atoms with Crippen molar-refractivity contribution in [3.63, 3.8) is 0 Å². The average Bonchev–Trinajstić information content (AvgIpc) is 2.64. The summed E-state index contributed by atoms with van der Waals surface area (Å²) >= 11 is 0. The summed E-state index contributed by atoms with van der Waals surface area (Å²) in [4.78, 5) is 8.17. The molecule has 0 radical (unpaired) electrons. The first-order valence-corrected chi connectivity index (χ1v) is 10.6. The molecule has 3 saturated heterocycles. The van der Waals surface area contributed by atoms with E-state index in [4.69, 9.17) is 4.74 Å². The topological polar surface area (TPSA) is 19.0 Å². The van der Waals surface area contributed by atoms with Crippen LogP contribution in [0.15, 0.2) is 30.3 Å². The Balaban J connectivity index is 1.38.